The monoisotopic (exact) mass is 245 g/mol. The molecule has 0 saturated carbocycles. The first-order valence-electron chi connectivity index (χ1n) is 6.05. The predicted molar refractivity (Wildman–Crippen MR) is 66.9 cm³/mol. The number of hydrogen-bond acceptors (Lipinski definition) is 4. The Bertz CT molecular complexity index is 533. The second-order valence-corrected chi connectivity index (χ2v) is 4.34. The maximum Gasteiger partial charge on any atom is 0.160 e. The van der Waals surface area contributed by atoms with Crippen LogP contribution in [-0.4, -0.2) is 27.7 Å². The van der Waals surface area contributed by atoms with Crippen molar-refractivity contribution in [3.05, 3.63) is 36.7 Å². The first kappa shape index (κ1) is 11.1. The lowest BCUT2D eigenvalue weighted by Crippen LogP contribution is -2.27. The Labute approximate surface area is 105 Å². The highest BCUT2D eigenvalue weighted by Gasteiger charge is 2.16. The molecule has 2 aromatic rings. The number of phenols is 1. The Morgan fingerprint density at radius 2 is 2.39 bits per heavy atom. The van der Waals surface area contributed by atoms with Crippen LogP contribution in [0.3, 0.4) is 0 Å². The van der Waals surface area contributed by atoms with Gasteiger partial charge >= 0.3 is 0 Å². The number of ether oxygens (including phenoxy) is 1. The molecule has 0 amide bonds. The zero-order valence-electron chi connectivity index (χ0n) is 9.91. The van der Waals surface area contributed by atoms with Gasteiger partial charge < -0.3 is 9.84 Å². The number of phenolic OH excluding ortho intramolecular Hbond substituents is 1. The van der Waals surface area contributed by atoms with Crippen molar-refractivity contribution in [2.75, 3.05) is 6.54 Å². The molecule has 3 rings (SSSR count). The van der Waals surface area contributed by atoms with Crippen LogP contribution in [-0.2, 0) is 0 Å². The van der Waals surface area contributed by atoms with E-state index in [1.807, 2.05) is 12.3 Å². The maximum atomic E-state index is 9.43. The maximum absolute atomic E-state index is 9.43. The standard InChI is InChI=1S/C13H15N3O2/c17-11-4-1-3-10(7-11)16-9-12(8-15-16)18-13-5-2-6-14-13/h1,3-4,7-9,13-14,17H,2,5-6H2. The third-order valence-electron chi connectivity index (χ3n) is 2.95. The third kappa shape index (κ3) is 2.31. The molecule has 0 radical (unpaired) electrons. The van der Waals surface area contributed by atoms with Gasteiger partial charge in [-0.3, -0.25) is 5.32 Å². The second kappa shape index (κ2) is 4.70. The predicted octanol–water partition coefficient (Wildman–Crippen LogP) is 1.67. The average Bonchev–Trinajstić information content (AvgIpc) is 3.01. The first-order chi connectivity index (χ1) is 8.81. The minimum atomic E-state index is 0.0897. The Morgan fingerprint density at radius 3 is 3.17 bits per heavy atom. The van der Waals surface area contributed by atoms with E-state index >= 15 is 0 Å². The van der Waals surface area contributed by atoms with Gasteiger partial charge in [-0.1, -0.05) is 6.07 Å². The van der Waals surface area contributed by atoms with E-state index in [9.17, 15) is 5.11 Å². The summed E-state index contributed by atoms with van der Waals surface area (Å²) in [7, 11) is 0. The Hall–Kier alpha value is -2.01. The second-order valence-electron chi connectivity index (χ2n) is 4.34. The lowest BCUT2D eigenvalue weighted by atomic mass is 10.3. The van der Waals surface area contributed by atoms with Gasteiger partial charge in [0.05, 0.1) is 18.1 Å². The fourth-order valence-electron chi connectivity index (χ4n) is 2.06. The van der Waals surface area contributed by atoms with Gasteiger partial charge in [-0.25, -0.2) is 4.68 Å². The summed E-state index contributed by atoms with van der Waals surface area (Å²) in [4.78, 5) is 0. The largest absolute Gasteiger partial charge is 0.508 e. The molecule has 1 unspecified atom stereocenters. The average molecular weight is 245 g/mol. The molecule has 1 fully saturated rings. The zero-order chi connectivity index (χ0) is 12.4. The molecule has 0 bridgehead atoms. The number of hydrogen-bond donors (Lipinski definition) is 2. The highest BCUT2D eigenvalue weighted by molar-refractivity contribution is 5.38. The number of aromatic nitrogens is 2. The highest BCUT2D eigenvalue weighted by Crippen LogP contribution is 2.19. The van der Waals surface area contributed by atoms with E-state index < -0.39 is 0 Å². The van der Waals surface area contributed by atoms with Crippen LogP contribution in [0.5, 0.6) is 11.5 Å². The van der Waals surface area contributed by atoms with Gasteiger partial charge in [0.25, 0.3) is 0 Å². The molecule has 1 saturated heterocycles. The van der Waals surface area contributed by atoms with Gasteiger partial charge in [0.2, 0.25) is 0 Å². The number of nitrogens with zero attached hydrogens (tertiary/aromatic N) is 2. The lowest BCUT2D eigenvalue weighted by Gasteiger charge is -2.10. The Morgan fingerprint density at radius 1 is 1.44 bits per heavy atom. The van der Waals surface area contributed by atoms with Crippen molar-refractivity contribution in [2.45, 2.75) is 19.1 Å². The topological polar surface area (TPSA) is 59.3 Å². The van der Waals surface area contributed by atoms with Gasteiger partial charge in [-0.05, 0) is 31.5 Å². The normalized spacial score (nSPS) is 19.0. The number of benzene rings is 1. The van der Waals surface area contributed by atoms with Crippen LogP contribution in [0.2, 0.25) is 0 Å². The molecular formula is C13H15N3O2. The molecule has 0 aliphatic carbocycles. The number of rotatable bonds is 3. The molecule has 18 heavy (non-hydrogen) atoms. The molecule has 2 heterocycles. The summed E-state index contributed by atoms with van der Waals surface area (Å²) in [6.45, 7) is 1.01. The van der Waals surface area contributed by atoms with Crippen LogP contribution in [0.15, 0.2) is 36.7 Å². The molecule has 0 spiro atoms. The lowest BCUT2D eigenvalue weighted by molar-refractivity contribution is 0.187. The fourth-order valence-corrected chi connectivity index (χ4v) is 2.06. The quantitative estimate of drug-likeness (QED) is 0.863. The van der Waals surface area contributed by atoms with E-state index in [1.54, 1.807) is 29.1 Å². The van der Waals surface area contributed by atoms with Crippen molar-refractivity contribution in [3.8, 4) is 17.2 Å². The van der Waals surface area contributed by atoms with Gasteiger partial charge in [-0.2, -0.15) is 5.10 Å². The van der Waals surface area contributed by atoms with Gasteiger partial charge in [0.1, 0.15) is 12.0 Å². The summed E-state index contributed by atoms with van der Waals surface area (Å²) in [5.74, 6) is 0.959. The summed E-state index contributed by atoms with van der Waals surface area (Å²) < 4.78 is 7.44. The third-order valence-corrected chi connectivity index (χ3v) is 2.95. The smallest absolute Gasteiger partial charge is 0.160 e. The summed E-state index contributed by atoms with van der Waals surface area (Å²) in [5, 5.41) is 16.9. The number of aromatic hydroxyl groups is 1. The van der Waals surface area contributed by atoms with E-state index in [2.05, 4.69) is 10.4 Å². The van der Waals surface area contributed by atoms with Crippen molar-refractivity contribution in [1.82, 2.24) is 15.1 Å². The van der Waals surface area contributed by atoms with E-state index in [0.29, 0.717) is 0 Å². The minimum absolute atomic E-state index is 0.0897. The van der Waals surface area contributed by atoms with Crippen molar-refractivity contribution < 1.29 is 9.84 Å². The van der Waals surface area contributed by atoms with Crippen molar-refractivity contribution in [1.29, 1.82) is 0 Å². The summed E-state index contributed by atoms with van der Waals surface area (Å²) >= 11 is 0. The fraction of sp³-hybridized carbons (Fsp3) is 0.308. The molecule has 5 heteroatoms. The zero-order valence-corrected chi connectivity index (χ0v) is 9.91. The van der Waals surface area contributed by atoms with Gasteiger partial charge in [-0.15, -0.1) is 0 Å². The Balaban J connectivity index is 1.76. The molecule has 94 valence electrons. The van der Waals surface area contributed by atoms with Gasteiger partial charge in [0, 0.05) is 6.07 Å². The molecule has 1 aromatic carbocycles. The number of nitrogens with one attached hydrogen (secondary N) is 1. The van der Waals surface area contributed by atoms with Gasteiger partial charge in [0.15, 0.2) is 5.75 Å². The molecule has 1 aromatic heterocycles. The van der Waals surface area contributed by atoms with Crippen molar-refractivity contribution in [2.24, 2.45) is 0 Å². The van der Waals surface area contributed by atoms with Crippen LogP contribution in [0.25, 0.3) is 5.69 Å². The highest BCUT2D eigenvalue weighted by atomic mass is 16.5. The van der Waals surface area contributed by atoms with Crippen molar-refractivity contribution >= 4 is 0 Å². The van der Waals surface area contributed by atoms with Crippen LogP contribution in [0.4, 0.5) is 0 Å². The van der Waals surface area contributed by atoms with Crippen LogP contribution in [0, 0.1) is 0 Å². The Kier molecular flexibility index (Phi) is 2.90. The van der Waals surface area contributed by atoms with E-state index in [-0.39, 0.29) is 12.0 Å². The van der Waals surface area contributed by atoms with E-state index in [4.69, 9.17) is 4.74 Å². The van der Waals surface area contributed by atoms with Crippen LogP contribution < -0.4 is 10.1 Å². The van der Waals surface area contributed by atoms with Crippen LogP contribution in [0.1, 0.15) is 12.8 Å². The van der Waals surface area contributed by atoms with E-state index in [0.717, 1.165) is 30.8 Å². The summed E-state index contributed by atoms with van der Waals surface area (Å²) in [6, 6.07) is 6.95. The molecule has 1 aliphatic rings. The summed E-state index contributed by atoms with van der Waals surface area (Å²) in [6.07, 6.45) is 5.76. The SMILES string of the molecule is Oc1cccc(-n2cc(OC3CCCN3)cn2)c1. The summed E-state index contributed by atoms with van der Waals surface area (Å²) in [5.41, 5.74) is 0.809. The van der Waals surface area contributed by atoms with Crippen LogP contribution >= 0.6 is 0 Å². The molecule has 1 aliphatic heterocycles. The minimum Gasteiger partial charge on any atom is -0.508 e. The van der Waals surface area contributed by atoms with E-state index in [1.165, 1.54) is 0 Å². The first-order valence-corrected chi connectivity index (χ1v) is 6.05. The molecular weight excluding hydrogens is 230 g/mol. The molecule has 2 N–H and O–H groups in total. The van der Waals surface area contributed by atoms with Crippen molar-refractivity contribution in [3.63, 3.8) is 0 Å². The molecule has 1 atom stereocenters. The molecule has 5 nitrogen and oxygen atoms in total.